The van der Waals surface area contributed by atoms with E-state index in [1.165, 1.54) is 7.05 Å². The van der Waals surface area contributed by atoms with Gasteiger partial charge in [0.15, 0.2) is 5.69 Å². The van der Waals surface area contributed by atoms with Gasteiger partial charge >= 0.3 is 0 Å². The SMILES string of the molecule is CCn1cc(NC(=O)c2cccc(Cn3nc(C)c(Br)c3C)c2)c(C(=O)NC)n1. The number of hydrogen-bond acceptors (Lipinski definition) is 4. The molecule has 0 atom stereocenters. The van der Waals surface area contributed by atoms with Gasteiger partial charge in [0.05, 0.1) is 28.1 Å². The molecular weight excluding hydrogens is 436 g/mol. The Morgan fingerprint density at radius 3 is 2.55 bits per heavy atom. The predicted octanol–water partition coefficient (Wildman–Crippen LogP) is 3.14. The zero-order valence-corrected chi connectivity index (χ0v) is 18.4. The van der Waals surface area contributed by atoms with Crippen LogP contribution in [0.4, 0.5) is 5.69 Å². The summed E-state index contributed by atoms with van der Waals surface area (Å²) in [5.74, 6) is -0.654. The Hall–Kier alpha value is -2.94. The predicted molar refractivity (Wildman–Crippen MR) is 114 cm³/mol. The van der Waals surface area contributed by atoms with Gasteiger partial charge in [-0.05, 0) is 54.4 Å². The van der Waals surface area contributed by atoms with Crippen molar-refractivity contribution in [2.24, 2.45) is 0 Å². The Morgan fingerprint density at radius 2 is 1.93 bits per heavy atom. The normalized spacial score (nSPS) is 10.8. The van der Waals surface area contributed by atoms with E-state index in [4.69, 9.17) is 0 Å². The van der Waals surface area contributed by atoms with Gasteiger partial charge < -0.3 is 10.6 Å². The molecule has 0 radical (unpaired) electrons. The number of carbonyl (C=O) groups excluding carboxylic acids is 2. The molecule has 2 amide bonds. The van der Waals surface area contributed by atoms with Crippen LogP contribution >= 0.6 is 15.9 Å². The topological polar surface area (TPSA) is 93.8 Å². The number of rotatable bonds is 6. The molecule has 1 aromatic carbocycles. The Balaban J connectivity index is 1.82. The van der Waals surface area contributed by atoms with Gasteiger partial charge in [0.1, 0.15) is 0 Å². The van der Waals surface area contributed by atoms with Gasteiger partial charge in [-0.25, -0.2) is 0 Å². The van der Waals surface area contributed by atoms with Gasteiger partial charge in [0.25, 0.3) is 11.8 Å². The van der Waals surface area contributed by atoms with Crippen LogP contribution in [0.25, 0.3) is 0 Å². The van der Waals surface area contributed by atoms with Crippen LogP contribution in [0.15, 0.2) is 34.9 Å². The molecule has 2 N–H and O–H groups in total. The molecule has 2 heterocycles. The lowest BCUT2D eigenvalue weighted by Gasteiger charge is -2.08. The maximum absolute atomic E-state index is 12.8. The number of nitrogens with zero attached hydrogens (tertiary/aromatic N) is 4. The molecule has 0 unspecified atom stereocenters. The fourth-order valence-electron chi connectivity index (χ4n) is 2.97. The monoisotopic (exact) mass is 458 g/mol. The van der Waals surface area contributed by atoms with E-state index in [1.807, 2.05) is 43.7 Å². The number of aryl methyl sites for hydroxylation is 2. The van der Waals surface area contributed by atoms with E-state index in [0.717, 1.165) is 21.4 Å². The van der Waals surface area contributed by atoms with Crippen LogP contribution in [0, 0.1) is 13.8 Å². The molecule has 152 valence electrons. The molecule has 0 fully saturated rings. The Bertz CT molecular complexity index is 1070. The summed E-state index contributed by atoms with van der Waals surface area (Å²) in [6.45, 7) is 6.99. The first-order valence-electron chi connectivity index (χ1n) is 9.23. The quantitative estimate of drug-likeness (QED) is 0.593. The zero-order valence-electron chi connectivity index (χ0n) is 16.8. The van der Waals surface area contributed by atoms with Gasteiger partial charge in [-0.15, -0.1) is 0 Å². The molecule has 0 bridgehead atoms. The van der Waals surface area contributed by atoms with Crippen molar-refractivity contribution >= 4 is 33.4 Å². The Kier molecular flexibility index (Phi) is 6.17. The molecule has 0 aliphatic rings. The molecular formula is C20H23BrN6O2. The highest BCUT2D eigenvalue weighted by atomic mass is 79.9. The third-order valence-electron chi connectivity index (χ3n) is 4.59. The molecule has 0 spiro atoms. The van der Waals surface area contributed by atoms with Crippen molar-refractivity contribution in [1.29, 1.82) is 0 Å². The van der Waals surface area contributed by atoms with E-state index in [1.54, 1.807) is 16.9 Å². The third-order valence-corrected chi connectivity index (χ3v) is 5.74. The second kappa shape index (κ2) is 8.60. The number of aromatic nitrogens is 4. The van der Waals surface area contributed by atoms with E-state index in [9.17, 15) is 9.59 Å². The lowest BCUT2D eigenvalue weighted by molar-refractivity contribution is 0.0958. The summed E-state index contributed by atoms with van der Waals surface area (Å²) in [5.41, 5.74) is 3.96. The maximum Gasteiger partial charge on any atom is 0.273 e. The van der Waals surface area contributed by atoms with Crippen LogP contribution in [-0.4, -0.2) is 38.4 Å². The average Bonchev–Trinajstić information content (AvgIpc) is 3.24. The molecule has 9 heteroatoms. The summed E-state index contributed by atoms with van der Waals surface area (Å²) in [7, 11) is 1.53. The zero-order chi connectivity index (χ0) is 21.1. The summed E-state index contributed by atoms with van der Waals surface area (Å²) >= 11 is 3.53. The number of hydrogen-bond donors (Lipinski definition) is 2. The number of halogens is 1. The molecule has 0 aliphatic heterocycles. The highest BCUT2D eigenvalue weighted by molar-refractivity contribution is 9.10. The van der Waals surface area contributed by atoms with Crippen molar-refractivity contribution in [1.82, 2.24) is 24.9 Å². The third kappa shape index (κ3) is 4.40. The highest BCUT2D eigenvalue weighted by Crippen LogP contribution is 2.21. The lowest BCUT2D eigenvalue weighted by Crippen LogP contribution is -2.21. The number of benzene rings is 1. The first-order chi connectivity index (χ1) is 13.8. The van der Waals surface area contributed by atoms with E-state index in [2.05, 4.69) is 36.8 Å². The second-order valence-corrected chi connectivity index (χ2v) is 7.42. The first-order valence-corrected chi connectivity index (χ1v) is 10.0. The number of carbonyl (C=O) groups is 2. The molecule has 2 aromatic heterocycles. The van der Waals surface area contributed by atoms with Crippen LogP contribution in [0.3, 0.4) is 0 Å². The van der Waals surface area contributed by atoms with Crippen LogP contribution in [-0.2, 0) is 13.1 Å². The highest BCUT2D eigenvalue weighted by Gasteiger charge is 2.18. The average molecular weight is 459 g/mol. The van der Waals surface area contributed by atoms with E-state index in [0.29, 0.717) is 24.3 Å². The fourth-order valence-corrected chi connectivity index (χ4v) is 3.25. The van der Waals surface area contributed by atoms with Gasteiger partial charge in [-0.1, -0.05) is 12.1 Å². The molecule has 29 heavy (non-hydrogen) atoms. The second-order valence-electron chi connectivity index (χ2n) is 6.62. The summed E-state index contributed by atoms with van der Waals surface area (Å²) in [5, 5.41) is 14.1. The minimum atomic E-state index is -0.351. The van der Waals surface area contributed by atoms with Gasteiger partial charge in [-0.2, -0.15) is 10.2 Å². The molecule has 0 saturated heterocycles. The molecule has 3 rings (SSSR count). The first kappa shape index (κ1) is 20.8. The van der Waals surface area contributed by atoms with E-state index in [-0.39, 0.29) is 17.5 Å². The molecule has 3 aromatic rings. The van der Waals surface area contributed by atoms with Crippen molar-refractivity contribution in [2.75, 3.05) is 12.4 Å². The van der Waals surface area contributed by atoms with Crippen LogP contribution in [0.1, 0.15) is 44.7 Å². The summed E-state index contributed by atoms with van der Waals surface area (Å²) in [6, 6.07) is 7.34. The number of nitrogens with one attached hydrogen (secondary N) is 2. The Morgan fingerprint density at radius 1 is 1.17 bits per heavy atom. The van der Waals surface area contributed by atoms with Crippen molar-refractivity contribution in [3.63, 3.8) is 0 Å². The van der Waals surface area contributed by atoms with E-state index >= 15 is 0 Å². The maximum atomic E-state index is 12.8. The minimum Gasteiger partial charge on any atom is -0.354 e. The van der Waals surface area contributed by atoms with Crippen molar-refractivity contribution in [3.8, 4) is 0 Å². The molecule has 8 nitrogen and oxygen atoms in total. The van der Waals surface area contributed by atoms with E-state index < -0.39 is 0 Å². The van der Waals surface area contributed by atoms with Crippen molar-refractivity contribution < 1.29 is 9.59 Å². The van der Waals surface area contributed by atoms with Crippen molar-refractivity contribution in [3.05, 3.63) is 63.1 Å². The molecule has 0 aliphatic carbocycles. The minimum absolute atomic E-state index is 0.186. The fraction of sp³-hybridized carbons (Fsp3) is 0.300. The van der Waals surface area contributed by atoms with Crippen molar-refractivity contribution in [2.45, 2.75) is 33.9 Å². The Labute approximate surface area is 177 Å². The number of amides is 2. The molecule has 0 saturated carbocycles. The lowest BCUT2D eigenvalue weighted by atomic mass is 10.1. The smallest absolute Gasteiger partial charge is 0.273 e. The standard InChI is InChI=1S/C20H23BrN6O2/c1-5-26-11-16(18(25-26)20(29)22-4)23-19(28)15-8-6-7-14(9-15)10-27-13(3)17(21)12(2)24-27/h6-9,11H,5,10H2,1-4H3,(H,22,29)(H,23,28). The van der Waals surface area contributed by atoms with Gasteiger partial charge in [-0.3, -0.25) is 19.0 Å². The van der Waals surface area contributed by atoms with Crippen LogP contribution in [0.5, 0.6) is 0 Å². The van der Waals surface area contributed by atoms with Crippen LogP contribution < -0.4 is 10.6 Å². The summed E-state index contributed by atoms with van der Waals surface area (Å²) in [6.07, 6.45) is 1.65. The van der Waals surface area contributed by atoms with Gasteiger partial charge in [0.2, 0.25) is 0 Å². The summed E-state index contributed by atoms with van der Waals surface area (Å²) in [4.78, 5) is 24.8. The van der Waals surface area contributed by atoms with Gasteiger partial charge in [0, 0.05) is 25.4 Å². The van der Waals surface area contributed by atoms with Crippen LogP contribution in [0.2, 0.25) is 0 Å². The largest absolute Gasteiger partial charge is 0.354 e. The number of anilines is 1. The summed E-state index contributed by atoms with van der Waals surface area (Å²) < 4.78 is 4.49.